The summed E-state index contributed by atoms with van der Waals surface area (Å²) in [4.78, 5) is 6.94. The predicted molar refractivity (Wildman–Crippen MR) is 125 cm³/mol. The van der Waals surface area contributed by atoms with Gasteiger partial charge in [0.1, 0.15) is 6.33 Å². The molecule has 0 aliphatic carbocycles. The number of piperidine rings is 1. The summed E-state index contributed by atoms with van der Waals surface area (Å²) in [5, 5.41) is 11.6. The van der Waals surface area contributed by atoms with E-state index in [1.165, 1.54) is 5.56 Å². The molecule has 2 aromatic carbocycles. The van der Waals surface area contributed by atoms with Gasteiger partial charge in [-0.3, -0.25) is 0 Å². The smallest absolute Gasteiger partial charge is 0.246 e. The van der Waals surface area contributed by atoms with Gasteiger partial charge in [0.2, 0.25) is 5.95 Å². The van der Waals surface area contributed by atoms with Gasteiger partial charge in [-0.1, -0.05) is 18.2 Å². The Labute approximate surface area is 184 Å². The normalized spacial score (nSPS) is 15.2. The summed E-state index contributed by atoms with van der Waals surface area (Å²) >= 11 is 0. The van der Waals surface area contributed by atoms with E-state index in [-0.39, 0.29) is 0 Å². The van der Waals surface area contributed by atoms with Gasteiger partial charge in [0, 0.05) is 50.8 Å². The first-order valence-electron chi connectivity index (χ1n) is 11.0. The summed E-state index contributed by atoms with van der Waals surface area (Å²) in [5.41, 5.74) is 4.32. The van der Waals surface area contributed by atoms with E-state index in [0.29, 0.717) is 12.0 Å². The number of nitrogens with one attached hydrogen (secondary N) is 2. The molecule has 0 saturated carbocycles. The van der Waals surface area contributed by atoms with E-state index in [1.54, 1.807) is 18.1 Å². The van der Waals surface area contributed by atoms with E-state index >= 15 is 0 Å². The second-order valence-electron chi connectivity index (χ2n) is 8.17. The number of rotatable bonds is 9. The molecule has 4 rings (SSSR count). The second-order valence-corrected chi connectivity index (χ2v) is 8.17. The van der Waals surface area contributed by atoms with Gasteiger partial charge in [-0.25, -0.2) is 4.68 Å². The molecule has 1 aliphatic heterocycles. The Morgan fingerprint density at radius 3 is 2.61 bits per heavy atom. The summed E-state index contributed by atoms with van der Waals surface area (Å²) < 4.78 is 6.94. The van der Waals surface area contributed by atoms with E-state index in [1.807, 2.05) is 30.3 Å². The number of anilines is 3. The molecule has 2 N–H and O–H groups in total. The summed E-state index contributed by atoms with van der Waals surface area (Å²) in [6, 6.07) is 17.0. The number of aromatic nitrogens is 3. The lowest BCUT2D eigenvalue weighted by molar-refractivity contribution is 0.159. The highest BCUT2D eigenvalue weighted by atomic mass is 16.5. The lowest BCUT2D eigenvalue weighted by atomic mass is 10.0. The summed E-state index contributed by atoms with van der Waals surface area (Å²) in [5.74, 6) is 0.588. The number of ether oxygens (including phenoxy) is 1. The zero-order chi connectivity index (χ0) is 21.5. The fourth-order valence-electron chi connectivity index (χ4n) is 4.06. The van der Waals surface area contributed by atoms with Crippen LogP contribution in [0.1, 0.15) is 24.8 Å². The van der Waals surface area contributed by atoms with Gasteiger partial charge in [-0.15, -0.1) is 5.10 Å². The van der Waals surface area contributed by atoms with Crippen LogP contribution in [-0.4, -0.2) is 59.1 Å². The van der Waals surface area contributed by atoms with E-state index < -0.39 is 0 Å². The van der Waals surface area contributed by atoms with E-state index in [2.05, 4.69) is 50.7 Å². The number of likely N-dealkylation sites (tertiary alicyclic amines) is 1. The van der Waals surface area contributed by atoms with Crippen LogP contribution in [0.25, 0.3) is 5.69 Å². The van der Waals surface area contributed by atoms with Crippen molar-refractivity contribution >= 4 is 17.3 Å². The van der Waals surface area contributed by atoms with E-state index in [9.17, 15) is 0 Å². The Bertz CT molecular complexity index is 950. The Balaban J connectivity index is 1.34. The molecule has 0 spiro atoms. The molecule has 7 heteroatoms. The van der Waals surface area contributed by atoms with Crippen molar-refractivity contribution in [3.05, 3.63) is 60.4 Å². The van der Waals surface area contributed by atoms with Gasteiger partial charge in [-0.05, 0) is 62.1 Å². The third-order valence-corrected chi connectivity index (χ3v) is 5.63. The SMILES string of the molecule is COCCCN1CCC(Nc2cc(C)cc(Nc3ncn(-c4ccccc4)n3)c2)CC1. The number of aryl methyl sites for hydroxylation is 1. The zero-order valence-electron chi connectivity index (χ0n) is 18.4. The quantitative estimate of drug-likeness (QED) is 0.505. The number of para-hydroxylation sites is 1. The van der Waals surface area contributed by atoms with Crippen LogP contribution in [0, 0.1) is 6.92 Å². The van der Waals surface area contributed by atoms with E-state index in [4.69, 9.17) is 4.74 Å². The number of methoxy groups -OCH3 is 1. The largest absolute Gasteiger partial charge is 0.385 e. The van der Waals surface area contributed by atoms with Gasteiger partial charge < -0.3 is 20.3 Å². The number of hydrogen-bond acceptors (Lipinski definition) is 6. The van der Waals surface area contributed by atoms with Crippen molar-refractivity contribution in [3.8, 4) is 5.69 Å². The first-order chi connectivity index (χ1) is 15.2. The van der Waals surface area contributed by atoms with Crippen molar-refractivity contribution in [2.45, 2.75) is 32.2 Å². The van der Waals surface area contributed by atoms with Crippen LogP contribution in [0.15, 0.2) is 54.9 Å². The Morgan fingerprint density at radius 1 is 1.06 bits per heavy atom. The Kier molecular flexibility index (Phi) is 7.17. The Hall–Kier alpha value is -2.90. The van der Waals surface area contributed by atoms with Crippen molar-refractivity contribution in [1.29, 1.82) is 0 Å². The number of benzene rings is 2. The first kappa shape index (κ1) is 21.3. The highest BCUT2D eigenvalue weighted by Gasteiger charge is 2.19. The molecule has 1 aromatic heterocycles. The highest BCUT2D eigenvalue weighted by molar-refractivity contribution is 5.63. The average Bonchev–Trinajstić information content (AvgIpc) is 3.24. The highest BCUT2D eigenvalue weighted by Crippen LogP contribution is 2.24. The monoisotopic (exact) mass is 420 g/mol. The van der Waals surface area contributed by atoms with Crippen molar-refractivity contribution in [2.75, 3.05) is 44.0 Å². The molecule has 31 heavy (non-hydrogen) atoms. The maximum absolute atomic E-state index is 5.17. The van der Waals surface area contributed by atoms with Crippen molar-refractivity contribution in [3.63, 3.8) is 0 Å². The molecule has 2 heterocycles. The van der Waals surface area contributed by atoms with Crippen LogP contribution in [0.5, 0.6) is 0 Å². The van der Waals surface area contributed by atoms with Crippen molar-refractivity contribution in [2.24, 2.45) is 0 Å². The molecule has 1 fully saturated rings. The predicted octanol–water partition coefficient (Wildman–Crippen LogP) is 4.23. The maximum Gasteiger partial charge on any atom is 0.246 e. The molecule has 1 aliphatic rings. The molecule has 0 amide bonds. The fraction of sp³-hybridized carbons (Fsp3) is 0.417. The van der Waals surface area contributed by atoms with Gasteiger partial charge >= 0.3 is 0 Å². The van der Waals surface area contributed by atoms with Crippen LogP contribution in [0.3, 0.4) is 0 Å². The van der Waals surface area contributed by atoms with Gasteiger partial charge in [-0.2, -0.15) is 4.98 Å². The summed E-state index contributed by atoms with van der Waals surface area (Å²) in [6.07, 6.45) is 5.15. The molecule has 164 valence electrons. The topological polar surface area (TPSA) is 67.2 Å². The molecule has 0 radical (unpaired) electrons. The van der Waals surface area contributed by atoms with Gasteiger partial charge in [0.25, 0.3) is 0 Å². The minimum atomic E-state index is 0.503. The van der Waals surface area contributed by atoms with Crippen LogP contribution >= 0.6 is 0 Å². The lowest BCUT2D eigenvalue weighted by Gasteiger charge is -2.33. The third kappa shape index (κ3) is 6.06. The summed E-state index contributed by atoms with van der Waals surface area (Å²) in [7, 11) is 1.77. The molecule has 3 aromatic rings. The van der Waals surface area contributed by atoms with Crippen molar-refractivity contribution in [1.82, 2.24) is 19.7 Å². The third-order valence-electron chi connectivity index (χ3n) is 5.63. The first-order valence-corrected chi connectivity index (χ1v) is 11.0. The summed E-state index contributed by atoms with van der Waals surface area (Å²) in [6.45, 7) is 6.36. The minimum absolute atomic E-state index is 0.503. The Morgan fingerprint density at radius 2 is 1.84 bits per heavy atom. The second kappa shape index (κ2) is 10.4. The molecule has 0 unspecified atom stereocenters. The van der Waals surface area contributed by atoms with Gasteiger partial charge in [0.15, 0.2) is 0 Å². The molecule has 0 atom stereocenters. The molecular formula is C24H32N6O. The standard InChI is InChI=1S/C24H32N6O/c1-19-15-21(26-20-9-12-29(13-10-20)11-6-14-31-2)17-22(16-19)27-24-25-18-30(28-24)23-7-4-3-5-8-23/h3-5,7-8,15-18,20,26H,6,9-14H2,1-2H3,(H,27,28). The lowest BCUT2D eigenvalue weighted by Crippen LogP contribution is -2.39. The van der Waals surface area contributed by atoms with E-state index in [0.717, 1.165) is 62.6 Å². The molecule has 7 nitrogen and oxygen atoms in total. The average molecular weight is 421 g/mol. The van der Waals surface area contributed by atoms with Gasteiger partial charge in [0.05, 0.1) is 5.69 Å². The van der Waals surface area contributed by atoms with Crippen LogP contribution < -0.4 is 10.6 Å². The zero-order valence-corrected chi connectivity index (χ0v) is 18.4. The van der Waals surface area contributed by atoms with Crippen LogP contribution in [0.2, 0.25) is 0 Å². The van der Waals surface area contributed by atoms with Crippen LogP contribution in [-0.2, 0) is 4.74 Å². The molecule has 0 bridgehead atoms. The molecule has 1 saturated heterocycles. The molecular weight excluding hydrogens is 388 g/mol. The minimum Gasteiger partial charge on any atom is -0.385 e. The van der Waals surface area contributed by atoms with Crippen LogP contribution in [0.4, 0.5) is 17.3 Å². The fourth-order valence-corrected chi connectivity index (χ4v) is 4.06. The number of nitrogens with zero attached hydrogens (tertiary/aromatic N) is 4. The maximum atomic E-state index is 5.17. The van der Waals surface area contributed by atoms with Crippen molar-refractivity contribution < 1.29 is 4.74 Å². The number of hydrogen-bond donors (Lipinski definition) is 2.